The van der Waals surface area contributed by atoms with Gasteiger partial charge in [0.25, 0.3) is 0 Å². The number of aliphatic imine (C=N–C) groups is 1. The fourth-order valence-corrected chi connectivity index (χ4v) is 4.09. The van der Waals surface area contributed by atoms with Crippen LogP contribution in [0, 0.1) is 13.8 Å². The van der Waals surface area contributed by atoms with E-state index in [1.54, 1.807) is 0 Å². The highest BCUT2D eigenvalue weighted by Gasteiger charge is 2.19. The van der Waals surface area contributed by atoms with E-state index in [0.29, 0.717) is 6.04 Å². The Balaban J connectivity index is 1.81. The molecule has 1 atom stereocenters. The van der Waals surface area contributed by atoms with E-state index in [1.165, 1.54) is 27.9 Å². The van der Waals surface area contributed by atoms with Crippen molar-refractivity contribution in [2.45, 2.75) is 58.9 Å². The van der Waals surface area contributed by atoms with Gasteiger partial charge in [0.1, 0.15) is 0 Å². The van der Waals surface area contributed by atoms with Crippen LogP contribution in [0.5, 0.6) is 0 Å². The number of nitrogens with zero attached hydrogens (tertiary/aromatic N) is 1. The largest absolute Gasteiger partial charge is 0.382 e. The van der Waals surface area contributed by atoms with E-state index in [-0.39, 0.29) is 5.92 Å². The number of allylic oxidation sites excluding steroid dienone is 2. The molecule has 1 fully saturated rings. The van der Waals surface area contributed by atoms with Crippen LogP contribution in [0.3, 0.4) is 0 Å². The Labute approximate surface area is 175 Å². The van der Waals surface area contributed by atoms with Crippen molar-refractivity contribution >= 4 is 11.9 Å². The zero-order valence-electron chi connectivity index (χ0n) is 18.2. The normalized spacial score (nSPS) is 16.9. The van der Waals surface area contributed by atoms with E-state index in [0.717, 1.165) is 38.2 Å². The summed E-state index contributed by atoms with van der Waals surface area (Å²) >= 11 is 0. The molecule has 1 saturated heterocycles. The van der Waals surface area contributed by atoms with Crippen molar-refractivity contribution in [2.24, 2.45) is 4.99 Å². The molecule has 1 aliphatic heterocycles. The minimum absolute atomic E-state index is 0.255. The van der Waals surface area contributed by atoms with Crippen LogP contribution in [0.15, 0.2) is 59.2 Å². The van der Waals surface area contributed by atoms with Crippen molar-refractivity contribution in [3.63, 3.8) is 0 Å². The van der Waals surface area contributed by atoms with Crippen molar-refractivity contribution in [3.8, 4) is 0 Å². The highest BCUT2D eigenvalue weighted by molar-refractivity contribution is 5.56. The van der Waals surface area contributed by atoms with Gasteiger partial charge in [-0.05, 0) is 81.3 Å². The lowest BCUT2D eigenvalue weighted by atomic mass is 9.85. The molecule has 0 amide bonds. The molecule has 3 nitrogen and oxygen atoms in total. The number of anilines is 1. The third kappa shape index (κ3) is 5.57. The summed E-state index contributed by atoms with van der Waals surface area (Å²) in [5, 5.41) is 3.65. The molecule has 1 heterocycles. The number of benzene rings is 2. The molecule has 0 bridgehead atoms. The van der Waals surface area contributed by atoms with Gasteiger partial charge in [-0.25, -0.2) is 0 Å². The van der Waals surface area contributed by atoms with Gasteiger partial charge >= 0.3 is 0 Å². The third-order valence-electron chi connectivity index (χ3n) is 5.94. The number of nitrogens with one attached hydrogen (secondary N) is 1. The summed E-state index contributed by atoms with van der Waals surface area (Å²) in [5.74, 6) is 0.255. The summed E-state index contributed by atoms with van der Waals surface area (Å²) < 4.78 is 5.46. The van der Waals surface area contributed by atoms with E-state index in [4.69, 9.17) is 9.73 Å². The smallest absolute Gasteiger partial charge is 0.0485 e. The molecule has 1 unspecified atom stereocenters. The average molecular weight is 391 g/mol. The lowest BCUT2D eigenvalue weighted by Crippen LogP contribution is -2.27. The Morgan fingerprint density at radius 1 is 1.10 bits per heavy atom. The lowest BCUT2D eigenvalue weighted by Gasteiger charge is -2.24. The fourth-order valence-electron chi connectivity index (χ4n) is 4.09. The molecule has 154 valence electrons. The van der Waals surface area contributed by atoms with Gasteiger partial charge in [0.2, 0.25) is 0 Å². The first-order valence-corrected chi connectivity index (χ1v) is 10.8. The Bertz CT molecular complexity index is 846. The second-order valence-corrected chi connectivity index (χ2v) is 7.87. The van der Waals surface area contributed by atoms with E-state index < -0.39 is 0 Å². The summed E-state index contributed by atoms with van der Waals surface area (Å²) in [7, 11) is 0. The summed E-state index contributed by atoms with van der Waals surface area (Å²) in [6.07, 6.45) is 7.15. The number of aryl methyl sites for hydroxylation is 1. The van der Waals surface area contributed by atoms with Gasteiger partial charge in [-0.3, -0.25) is 4.99 Å². The molecule has 3 heteroatoms. The summed E-state index contributed by atoms with van der Waals surface area (Å²) in [6.45, 7) is 10.2. The molecule has 1 aliphatic rings. The van der Waals surface area contributed by atoms with Gasteiger partial charge in [-0.1, -0.05) is 36.4 Å². The van der Waals surface area contributed by atoms with Gasteiger partial charge in [-0.15, -0.1) is 0 Å². The molecule has 29 heavy (non-hydrogen) atoms. The van der Waals surface area contributed by atoms with E-state index in [1.807, 2.05) is 13.1 Å². The molecule has 1 N–H and O–H groups in total. The molecular formula is C26H34N2O. The highest BCUT2D eigenvalue weighted by Crippen LogP contribution is 2.33. The van der Waals surface area contributed by atoms with Crippen LogP contribution in [0.2, 0.25) is 0 Å². The first-order chi connectivity index (χ1) is 14.1. The molecule has 2 aromatic carbocycles. The molecule has 0 spiro atoms. The van der Waals surface area contributed by atoms with Crippen molar-refractivity contribution in [3.05, 3.63) is 76.5 Å². The second kappa shape index (κ2) is 10.4. The standard InChI is InChI=1S/C26H34N2O/c1-5-26(27-6-2)25(24-9-7-8-19(3)20(24)4)18-21-10-12-22(13-11-21)28-23-14-16-29-17-15-23/h5-13,23,25,28H,14-18H2,1-4H3/b26-5-,27-6?. The van der Waals surface area contributed by atoms with Crippen molar-refractivity contribution < 1.29 is 4.74 Å². The van der Waals surface area contributed by atoms with Crippen LogP contribution < -0.4 is 5.32 Å². The Hall–Kier alpha value is -2.39. The summed E-state index contributed by atoms with van der Waals surface area (Å²) in [6, 6.07) is 16.0. The highest BCUT2D eigenvalue weighted by atomic mass is 16.5. The molecular weight excluding hydrogens is 356 g/mol. The Morgan fingerprint density at radius 3 is 2.48 bits per heavy atom. The lowest BCUT2D eigenvalue weighted by molar-refractivity contribution is 0.0904. The van der Waals surface area contributed by atoms with Crippen molar-refractivity contribution in [2.75, 3.05) is 18.5 Å². The molecule has 2 aromatic rings. The quantitative estimate of drug-likeness (QED) is 0.570. The minimum atomic E-state index is 0.255. The maximum Gasteiger partial charge on any atom is 0.0485 e. The topological polar surface area (TPSA) is 33.6 Å². The van der Waals surface area contributed by atoms with Crippen LogP contribution in [-0.2, 0) is 11.2 Å². The molecule has 0 radical (unpaired) electrons. The Morgan fingerprint density at radius 2 is 1.83 bits per heavy atom. The number of rotatable bonds is 7. The molecule has 0 aromatic heterocycles. The monoisotopic (exact) mass is 390 g/mol. The molecule has 3 rings (SSSR count). The van der Waals surface area contributed by atoms with Gasteiger partial charge in [0, 0.05) is 42.8 Å². The van der Waals surface area contributed by atoms with Gasteiger partial charge in [-0.2, -0.15) is 0 Å². The number of hydrogen-bond acceptors (Lipinski definition) is 3. The maximum absolute atomic E-state index is 5.46. The average Bonchev–Trinajstić information content (AvgIpc) is 2.75. The first-order valence-electron chi connectivity index (χ1n) is 10.8. The van der Waals surface area contributed by atoms with E-state index >= 15 is 0 Å². The van der Waals surface area contributed by atoms with Crippen molar-refractivity contribution in [1.82, 2.24) is 0 Å². The van der Waals surface area contributed by atoms with Crippen LogP contribution in [0.1, 0.15) is 54.9 Å². The first kappa shape index (κ1) is 21.3. The van der Waals surface area contributed by atoms with E-state index in [9.17, 15) is 0 Å². The van der Waals surface area contributed by atoms with Crippen LogP contribution >= 0.6 is 0 Å². The molecule has 0 saturated carbocycles. The summed E-state index contributed by atoms with van der Waals surface area (Å²) in [5.41, 5.74) is 7.72. The summed E-state index contributed by atoms with van der Waals surface area (Å²) in [4.78, 5) is 4.69. The number of ether oxygens (including phenoxy) is 1. The van der Waals surface area contributed by atoms with Crippen LogP contribution in [0.25, 0.3) is 0 Å². The predicted molar refractivity (Wildman–Crippen MR) is 124 cm³/mol. The fraction of sp³-hybridized carbons (Fsp3) is 0.423. The van der Waals surface area contributed by atoms with Gasteiger partial charge in [0.05, 0.1) is 0 Å². The van der Waals surface area contributed by atoms with Crippen molar-refractivity contribution in [1.29, 1.82) is 0 Å². The minimum Gasteiger partial charge on any atom is -0.382 e. The maximum atomic E-state index is 5.46. The SMILES string of the molecule is CC=N/C(=C\C)C(Cc1ccc(NC2CCOCC2)cc1)c1cccc(C)c1C. The predicted octanol–water partition coefficient (Wildman–Crippen LogP) is 6.22. The number of hydrogen-bond donors (Lipinski definition) is 1. The second-order valence-electron chi connectivity index (χ2n) is 7.87. The van der Waals surface area contributed by atoms with Crippen LogP contribution in [-0.4, -0.2) is 25.5 Å². The van der Waals surface area contributed by atoms with E-state index in [2.05, 4.69) is 74.6 Å². The third-order valence-corrected chi connectivity index (χ3v) is 5.94. The van der Waals surface area contributed by atoms with Crippen LogP contribution in [0.4, 0.5) is 5.69 Å². The van der Waals surface area contributed by atoms with Gasteiger partial charge < -0.3 is 10.1 Å². The van der Waals surface area contributed by atoms with Gasteiger partial charge in [0.15, 0.2) is 0 Å². The zero-order valence-corrected chi connectivity index (χ0v) is 18.2. The molecule has 0 aliphatic carbocycles. The Kier molecular flexibility index (Phi) is 7.65. The zero-order chi connectivity index (χ0) is 20.6.